The molecule has 0 bridgehead atoms. The van der Waals surface area contributed by atoms with E-state index in [-0.39, 0.29) is 17.2 Å². The Morgan fingerprint density at radius 1 is 1.08 bits per heavy atom. The highest BCUT2D eigenvalue weighted by atomic mass is 127. The van der Waals surface area contributed by atoms with E-state index in [0.29, 0.717) is 44.8 Å². The van der Waals surface area contributed by atoms with Gasteiger partial charge in [0, 0.05) is 5.56 Å². The smallest absolute Gasteiger partial charge is 0.282 e. The summed E-state index contributed by atoms with van der Waals surface area (Å²) in [6, 6.07) is 14.8. The second-order valence-electron chi connectivity index (χ2n) is 8.89. The molecule has 0 aliphatic carbocycles. The highest BCUT2D eigenvalue weighted by molar-refractivity contribution is 14.1. The SMILES string of the molecule is CCOc1cc(C)c(-c2nc3ccccc3c(=O)n2N=Cc2cc(I)c(O)c(OCC)c2)cc1C(C)C. The van der Waals surface area contributed by atoms with Crippen LogP contribution < -0.4 is 15.0 Å². The highest BCUT2D eigenvalue weighted by Gasteiger charge is 2.18. The van der Waals surface area contributed by atoms with Gasteiger partial charge in [-0.25, -0.2) is 4.98 Å². The Hall–Kier alpha value is -3.40. The third-order valence-electron chi connectivity index (χ3n) is 5.95. The quantitative estimate of drug-likeness (QED) is 0.182. The number of phenolic OH excluding ortho intramolecular Hbond substituents is 1. The first-order valence-electron chi connectivity index (χ1n) is 12.2. The van der Waals surface area contributed by atoms with Gasteiger partial charge >= 0.3 is 0 Å². The van der Waals surface area contributed by atoms with Crippen molar-refractivity contribution in [2.24, 2.45) is 5.10 Å². The highest BCUT2D eigenvalue weighted by Crippen LogP contribution is 2.35. The van der Waals surface area contributed by atoms with Gasteiger partial charge in [-0.1, -0.05) is 26.0 Å². The molecule has 192 valence electrons. The molecule has 7 nitrogen and oxygen atoms in total. The van der Waals surface area contributed by atoms with Gasteiger partial charge < -0.3 is 14.6 Å². The lowest BCUT2D eigenvalue weighted by Gasteiger charge is -2.18. The number of aromatic nitrogens is 2. The second-order valence-corrected chi connectivity index (χ2v) is 10.1. The zero-order chi connectivity index (χ0) is 26.7. The molecule has 0 amide bonds. The Kier molecular flexibility index (Phi) is 8.16. The first kappa shape index (κ1) is 26.7. The number of phenols is 1. The van der Waals surface area contributed by atoms with Crippen LogP contribution in [0.1, 0.15) is 50.3 Å². The predicted molar refractivity (Wildman–Crippen MR) is 156 cm³/mol. The summed E-state index contributed by atoms with van der Waals surface area (Å²) >= 11 is 2.04. The number of benzene rings is 3. The zero-order valence-electron chi connectivity index (χ0n) is 21.6. The Labute approximate surface area is 229 Å². The molecule has 0 aliphatic heterocycles. The number of rotatable bonds is 8. The molecule has 0 aliphatic rings. The standard InChI is InChI=1S/C29H30IN3O4/c1-6-36-25-12-18(5)22(15-21(25)17(3)4)28-32-24-11-9-8-10-20(24)29(35)33(28)31-16-19-13-23(30)27(34)26(14-19)37-7-2/h8-17,34H,6-7H2,1-5H3. The van der Waals surface area contributed by atoms with Crippen molar-refractivity contribution in [3.63, 3.8) is 0 Å². The molecule has 0 unspecified atom stereocenters. The molecule has 0 fully saturated rings. The van der Waals surface area contributed by atoms with Crippen LogP contribution in [-0.4, -0.2) is 34.2 Å². The van der Waals surface area contributed by atoms with Gasteiger partial charge in [0.1, 0.15) is 5.75 Å². The molecule has 0 atom stereocenters. The third kappa shape index (κ3) is 5.49. The van der Waals surface area contributed by atoms with Crippen molar-refractivity contribution >= 4 is 39.7 Å². The number of ether oxygens (including phenoxy) is 2. The van der Waals surface area contributed by atoms with Crippen molar-refractivity contribution in [2.45, 2.75) is 40.5 Å². The Morgan fingerprint density at radius 2 is 1.78 bits per heavy atom. The average Bonchev–Trinajstić information content (AvgIpc) is 2.86. The van der Waals surface area contributed by atoms with Gasteiger partial charge in [-0.15, -0.1) is 0 Å². The lowest BCUT2D eigenvalue weighted by molar-refractivity contribution is 0.317. The number of fused-ring (bicyclic) bond motifs is 1. The number of nitrogens with zero attached hydrogens (tertiary/aromatic N) is 3. The molecular weight excluding hydrogens is 581 g/mol. The van der Waals surface area contributed by atoms with E-state index in [1.165, 1.54) is 4.68 Å². The third-order valence-corrected chi connectivity index (χ3v) is 6.77. The fraction of sp³-hybridized carbons (Fsp3) is 0.276. The van der Waals surface area contributed by atoms with E-state index < -0.39 is 0 Å². The molecule has 4 rings (SSSR count). The first-order valence-corrected chi connectivity index (χ1v) is 13.3. The molecule has 0 spiro atoms. The van der Waals surface area contributed by atoms with Crippen LogP contribution in [0.15, 0.2) is 58.4 Å². The number of hydrogen-bond donors (Lipinski definition) is 1. The molecule has 1 heterocycles. The topological polar surface area (TPSA) is 85.9 Å². The van der Waals surface area contributed by atoms with E-state index in [9.17, 15) is 9.90 Å². The monoisotopic (exact) mass is 611 g/mol. The molecule has 1 N–H and O–H groups in total. The molecule has 0 radical (unpaired) electrons. The van der Waals surface area contributed by atoms with E-state index in [0.717, 1.165) is 22.4 Å². The number of halogens is 1. The minimum Gasteiger partial charge on any atom is -0.504 e. The van der Waals surface area contributed by atoms with Crippen molar-refractivity contribution in [2.75, 3.05) is 13.2 Å². The molecule has 8 heteroatoms. The summed E-state index contributed by atoms with van der Waals surface area (Å²) in [5.41, 5.74) is 3.79. The van der Waals surface area contributed by atoms with Crippen molar-refractivity contribution in [3.05, 3.63) is 79.1 Å². The molecule has 1 aromatic heterocycles. The second kappa shape index (κ2) is 11.3. The van der Waals surface area contributed by atoms with Gasteiger partial charge in [-0.3, -0.25) is 4.79 Å². The summed E-state index contributed by atoms with van der Waals surface area (Å²) < 4.78 is 13.4. The Morgan fingerprint density at radius 3 is 2.49 bits per heavy atom. The van der Waals surface area contributed by atoms with E-state index in [4.69, 9.17) is 14.5 Å². The molecule has 3 aromatic carbocycles. The molecule has 0 saturated heterocycles. The number of hydrogen-bond acceptors (Lipinski definition) is 6. The molecule has 4 aromatic rings. The van der Waals surface area contributed by atoms with Gasteiger partial charge in [-0.05, 0) is 102 Å². The van der Waals surface area contributed by atoms with Gasteiger partial charge in [0.15, 0.2) is 17.3 Å². The van der Waals surface area contributed by atoms with Crippen molar-refractivity contribution in [1.82, 2.24) is 9.66 Å². The molecule has 0 saturated carbocycles. The summed E-state index contributed by atoms with van der Waals surface area (Å²) in [5.74, 6) is 1.93. The van der Waals surface area contributed by atoms with Crippen LogP contribution in [0.2, 0.25) is 0 Å². The average molecular weight is 611 g/mol. The Bertz CT molecular complexity index is 1540. The Balaban J connectivity index is 1.95. The maximum Gasteiger partial charge on any atom is 0.282 e. The summed E-state index contributed by atoms with van der Waals surface area (Å²) in [5, 5.41) is 15.4. The summed E-state index contributed by atoms with van der Waals surface area (Å²) in [6.45, 7) is 11.0. The van der Waals surface area contributed by atoms with Crippen LogP contribution in [-0.2, 0) is 0 Å². The normalized spacial score (nSPS) is 11.5. The molecular formula is C29H30IN3O4. The molecule has 37 heavy (non-hydrogen) atoms. The van der Waals surface area contributed by atoms with Crippen LogP contribution in [0, 0.1) is 10.5 Å². The fourth-order valence-electron chi connectivity index (χ4n) is 4.13. The maximum absolute atomic E-state index is 13.7. The predicted octanol–water partition coefficient (Wildman–Crippen LogP) is 6.49. The van der Waals surface area contributed by atoms with Crippen LogP contribution in [0.5, 0.6) is 17.2 Å². The van der Waals surface area contributed by atoms with Crippen LogP contribution in [0.3, 0.4) is 0 Å². The summed E-state index contributed by atoms with van der Waals surface area (Å²) in [6.07, 6.45) is 1.58. The van der Waals surface area contributed by atoms with Gasteiger partial charge in [0.25, 0.3) is 5.56 Å². The first-order chi connectivity index (χ1) is 17.7. The lowest BCUT2D eigenvalue weighted by atomic mass is 9.96. The summed E-state index contributed by atoms with van der Waals surface area (Å²) in [7, 11) is 0. The van der Waals surface area contributed by atoms with Crippen molar-refractivity contribution < 1.29 is 14.6 Å². The van der Waals surface area contributed by atoms with Gasteiger partial charge in [0.05, 0.1) is 33.9 Å². The van der Waals surface area contributed by atoms with Crippen molar-refractivity contribution in [3.8, 4) is 28.6 Å². The van der Waals surface area contributed by atoms with Crippen molar-refractivity contribution in [1.29, 1.82) is 0 Å². The van der Waals surface area contributed by atoms with Crippen LogP contribution in [0.4, 0.5) is 0 Å². The minimum atomic E-state index is -0.269. The van der Waals surface area contributed by atoms with E-state index in [1.54, 1.807) is 24.4 Å². The summed E-state index contributed by atoms with van der Waals surface area (Å²) in [4.78, 5) is 18.5. The zero-order valence-corrected chi connectivity index (χ0v) is 23.7. The van der Waals surface area contributed by atoms with E-state index in [2.05, 4.69) is 18.9 Å². The largest absolute Gasteiger partial charge is 0.504 e. The maximum atomic E-state index is 13.7. The van der Waals surface area contributed by atoms with Gasteiger partial charge in [-0.2, -0.15) is 9.78 Å². The van der Waals surface area contributed by atoms with E-state index >= 15 is 0 Å². The lowest BCUT2D eigenvalue weighted by Crippen LogP contribution is -2.21. The van der Waals surface area contributed by atoms with E-state index in [1.807, 2.05) is 73.7 Å². The number of para-hydroxylation sites is 1. The van der Waals surface area contributed by atoms with Gasteiger partial charge in [0.2, 0.25) is 0 Å². The number of aromatic hydroxyl groups is 1. The number of aryl methyl sites for hydroxylation is 1. The van der Waals surface area contributed by atoms with Crippen LogP contribution >= 0.6 is 22.6 Å². The van der Waals surface area contributed by atoms with Crippen LogP contribution in [0.25, 0.3) is 22.3 Å². The fourth-order valence-corrected chi connectivity index (χ4v) is 4.76. The minimum absolute atomic E-state index is 0.0797.